The first-order valence-corrected chi connectivity index (χ1v) is 6.54. The molecule has 0 bridgehead atoms. The Hall–Kier alpha value is -2.02. The van der Waals surface area contributed by atoms with E-state index < -0.39 is 16.8 Å². The Balaban J connectivity index is 2.71. The molecular weight excluding hydrogens is 268 g/mol. The van der Waals surface area contributed by atoms with Crippen LogP contribution in [0.3, 0.4) is 0 Å². The van der Waals surface area contributed by atoms with Gasteiger partial charge in [-0.3, -0.25) is 14.9 Å². The third-order valence-corrected chi connectivity index (χ3v) is 3.86. The van der Waals surface area contributed by atoms with Crippen LogP contribution >= 0.6 is 11.3 Å². The van der Waals surface area contributed by atoms with Crippen LogP contribution in [0.15, 0.2) is 12.1 Å². The van der Waals surface area contributed by atoms with E-state index in [-0.39, 0.29) is 11.3 Å². The number of aliphatic carboxylic acids is 1. The van der Waals surface area contributed by atoms with Crippen LogP contribution in [0.1, 0.15) is 29.8 Å². The number of fused-ring (bicyclic) bond motifs is 1. The number of benzene rings is 1. The Bertz CT molecular complexity index is 665. The van der Waals surface area contributed by atoms with Crippen molar-refractivity contribution in [2.24, 2.45) is 0 Å². The lowest BCUT2D eigenvalue weighted by Gasteiger charge is -2.10. The van der Waals surface area contributed by atoms with Crippen molar-refractivity contribution in [2.45, 2.75) is 26.2 Å². The molecular formula is C12H12N2O4S. The van der Waals surface area contributed by atoms with E-state index in [1.165, 1.54) is 23.5 Å². The molecule has 100 valence electrons. The van der Waals surface area contributed by atoms with Crippen molar-refractivity contribution >= 4 is 33.2 Å². The second-order valence-corrected chi connectivity index (χ2v) is 5.40. The number of thiazole rings is 1. The minimum Gasteiger partial charge on any atom is -0.481 e. The second-order valence-electron chi connectivity index (χ2n) is 4.17. The van der Waals surface area contributed by atoms with E-state index >= 15 is 0 Å². The summed E-state index contributed by atoms with van der Waals surface area (Å²) >= 11 is 1.36. The van der Waals surface area contributed by atoms with Crippen LogP contribution in [0.2, 0.25) is 0 Å². The minimum atomic E-state index is -1.06. The molecule has 1 heterocycles. The first kappa shape index (κ1) is 13.4. The zero-order valence-electron chi connectivity index (χ0n) is 10.4. The van der Waals surface area contributed by atoms with Gasteiger partial charge in [-0.05, 0) is 19.4 Å². The monoisotopic (exact) mass is 280 g/mol. The second kappa shape index (κ2) is 4.93. The van der Waals surface area contributed by atoms with Crippen LogP contribution < -0.4 is 0 Å². The molecule has 7 heteroatoms. The lowest BCUT2D eigenvalue weighted by Crippen LogP contribution is -2.12. The third-order valence-electron chi connectivity index (χ3n) is 2.92. The molecule has 1 aromatic heterocycles. The van der Waals surface area contributed by atoms with Crippen molar-refractivity contribution < 1.29 is 14.8 Å². The summed E-state index contributed by atoms with van der Waals surface area (Å²) in [4.78, 5) is 26.0. The number of nitrogens with zero attached hydrogens (tertiary/aromatic N) is 2. The molecule has 1 N–H and O–H groups in total. The van der Waals surface area contributed by atoms with Crippen LogP contribution in [0.25, 0.3) is 10.2 Å². The summed E-state index contributed by atoms with van der Waals surface area (Å²) in [5.41, 5.74) is 0.686. The number of carboxylic acid groups (broad SMARTS) is 1. The lowest BCUT2D eigenvalue weighted by molar-refractivity contribution is -0.385. The number of aryl methyl sites for hydroxylation is 1. The van der Waals surface area contributed by atoms with Gasteiger partial charge in [-0.15, -0.1) is 11.3 Å². The van der Waals surface area contributed by atoms with Gasteiger partial charge in [-0.2, -0.15) is 0 Å². The van der Waals surface area contributed by atoms with Crippen LogP contribution in [-0.4, -0.2) is 21.0 Å². The maximum absolute atomic E-state index is 11.2. The van der Waals surface area contributed by atoms with Gasteiger partial charge < -0.3 is 5.11 Å². The molecule has 0 aliphatic rings. The first-order valence-electron chi connectivity index (χ1n) is 5.72. The van der Waals surface area contributed by atoms with Crippen LogP contribution in [0.5, 0.6) is 0 Å². The highest BCUT2D eigenvalue weighted by Crippen LogP contribution is 2.35. The molecule has 1 atom stereocenters. The van der Waals surface area contributed by atoms with Gasteiger partial charge in [0.25, 0.3) is 5.69 Å². The fourth-order valence-electron chi connectivity index (χ4n) is 2.06. The van der Waals surface area contributed by atoms with Gasteiger partial charge in [0.1, 0.15) is 0 Å². The van der Waals surface area contributed by atoms with Crippen molar-refractivity contribution in [3.63, 3.8) is 0 Å². The SMILES string of the molecule is CCC(C(=O)O)c1cc2nc(C)sc2cc1[N+](=O)[O-]. The van der Waals surface area contributed by atoms with E-state index in [0.717, 1.165) is 5.01 Å². The molecule has 0 amide bonds. The normalized spacial score (nSPS) is 12.5. The summed E-state index contributed by atoms with van der Waals surface area (Å²) in [6, 6.07) is 2.94. The van der Waals surface area contributed by atoms with E-state index in [4.69, 9.17) is 5.11 Å². The zero-order chi connectivity index (χ0) is 14.2. The Kier molecular flexibility index (Phi) is 3.48. The minimum absolute atomic E-state index is 0.148. The molecule has 0 saturated heterocycles. The fraction of sp³-hybridized carbons (Fsp3) is 0.333. The standard InChI is InChI=1S/C12H12N2O4S/c1-3-7(12(15)16)8-4-9-11(19-6(2)13-9)5-10(8)14(17)18/h4-5,7H,3H2,1-2H3,(H,15,16). The largest absolute Gasteiger partial charge is 0.481 e. The number of nitro groups is 1. The van der Waals surface area contributed by atoms with Crippen molar-refractivity contribution in [3.8, 4) is 0 Å². The molecule has 0 aliphatic carbocycles. The van der Waals surface area contributed by atoms with Gasteiger partial charge in [0.2, 0.25) is 0 Å². The summed E-state index contributed by atoms with van der Waals surface area (Å²) in [6.07, 6.45) is 0.296. The van der Waals surface area contributed by atoms with Gasteiger partial charge in [0.05, 0.1) is 26.1 Å². The molecule has 1 aromatic carbocycles. The van der Waals surface area contributed by atoms with Gasteiger partial charge in [0, 0.05) is 11.6 Å². The molecule has 0 spiro atoms. The van der Waals surface area contributed by atoms with Crippen molar-refractivity contribution in [1.82, 2.24) is 4.98 Å². The van der Waals surface area contributed by atoms with Gasteiger partial charge in [0.15, 0.2) is 0 Å². The predicted octanol–water partition coefficient (Wildman–Crippen LogP) is 3.09. The summed E-state index contributed by atoms with van der Waals surface area (Å²) in [5.74, 6) is -1.94. The van der Waals surface area contributed by atoms with Crippen LogP contribution in [-0.2, 0) is 4.79 Å². The van der Waals surface area contributed by atoms with E-state index in [1.54, 1.807) is 6.92 Å². The van der Waals surface area contributed by atoms with Crippen molar-refractivity contribution in [3.05, 3.63) is 32.8 Å². The van der Waals surface area contributed by atoms with Crippen molar-refractivity contribution in [2.75, 3.05) is 0 Å². The van der Waals surface area contributed by atoms with E-state index in [0.29, 0.717) is 16.6 Å². The zero-order valence-corrected chi connectivity index (χ0v) is 11.2. The Morgan fingerprint density at radius 3 is 2.79 bits per heavy atom. The molecule has 2 aromatic rings. The summed E-state index contributed by atoms with van der Waals surface area (Å²) in [5, 5.41) is 21.1. The molecule has 2 rings (SSSR count). The number of hydrogen-bond acceptors (Lipinski definition) is 5. The molecule has 1 unspecified atom stereocenters. The maximum atomic E-state index is 11.2. The highest BCUT2D eigenvalue weighted by molar-refractivity contribution is 7.18. The Morgan fingerprint density at radius 1 is 1.58 bits per heavy atom. The third kappa shape index (κ3) is 2.41. The fourth-order valence-corrected chi connectivity index (χ4v) is 2.90. The van der Waals surface area contributed by atoms with Gasteiger partial charge in [-0.25, -0.2) is 4.98 Å². The molecule has 19 heavy (non-hydrogen) atoms. The highest BCUT2D eigenvalue weighted by Gasteiger charge is 2.27. The van der Waals surface area contributed by atoms with Gasteiger partial charge in [-0.1, -0.05) is 6.92 Å². The number of nitro benzene ring substituents is 1. The molecule has 0 fully saturated rings. The predicted molar refractivity (Wildman–Crippen MR) is 71.7 cm³/mol. The summed E-state index contributed by atoms with van der Waals surface area (Å²) in [6.45, 7) is 3.50. The van der Waals surface area contributed by atoms with E-state index in [2.05, 4.69) is 4.98 Å². The number of carboxylic acids is 1. The quantitative estimate of drug-likeness (QED) is 0.686. The molecule has 0 aliphatic heterocycles. The van der Waals surface area contributed by atoms with Crippen molar-refractivity contribution in [1.29, 1.82) is 0 Å². The number of hydrogen-bond donors (Lipinski definition) is 1. The summed E-state index contributed by atoms with van der Waals surface area (Å²) < 4.78 is 0.702. The number of carbonyl (C=O) groups is 1. The number of rotatable bonds is 4. The first-order chi connectivity index (χ1) is 8.93. The van der Waals surface area contributed by atoms with Gasteiger partial charge >= 0.3 is 5.97 Å². The number of aromatic nitrogens is 1. The average Bonchev–Trinajstić information content (AvgIpc) is 2.67. The summed E-state index contributed by atoms with van der Waals surface area (Å²) in [7, 11) is 0. The topological polar surface area (TPSA) is 93.3 Å². The average molecular weight is 280 g/mol. The molecule has 0 saturated carbocycles. The molecule has 6 nitrogen and oxygen atoms in total. The lowest BCUT2D eigenvalue weighted by atomic mass is 9.95. The van der Waals surface area contributed by atoms with Crippen LogP contribution in [0.4, 0.5) is 5.69 Å². The molecule has 0 radical (unpaired) electrons. The van der Waals surface area contributed by atoms with E-state index in [9.17, 15) is 14.9 Å². The van der Waals surface area contributed by atoms with Crippen LogP contribution in [0, 0.1) is 17.0 Å². The maximum Gasteiger partial charge on any atom is 0.311 e. The highest BCUT2D eigenvalue weighted by atomic mass is 32.1. The smallest absolute Gasteiger partial charge is 0.311 e. The van der Waals surface area contributed by atoms with E-state index in [1.807, 2.05) is 6.92 Å². The Morgan fingerprint density at radius 2 is 2.26 bits per heavy atom. The Labute approximate surface area is 112 Å².